The molecule has 1 aromatic heterocycles. The molecule has 1 fully saturated rings. The molecule has 0 atom stereocenters. The van der Waals surface area contributed by atoms with Crippen LogP contribution >= 0.6 is 12.2 Å². The number of carbonyl (C=O) groups is 2. The second-order valence-electron chi connectivity index (χ2n) is 8.84. The third kappa shape index (κ3) is 5.78. The first-order valence-electron chi connectivity index (χ1n) is 12.5. The maximum absolute atomic E-state index is 12.9. The summed E-state index contributed by atoms with van der Waals surface area (Å²) in [6, 6.07) is 24.2. The molecular formula is C29H28N4O4S. The predicted octanol–water partition coefficient (Wildman–Crippen LogP) is 4.92. The van der Waals surface area contributed by atoms with Gasteiger partial charge in [-0.05, 0) is 73.7 Å². The summed E-state index contributed by atoms with van der Waals surface area (Å²) < 4.78 is 11.2. The van der Waals surface area contributed by atoms with Gasteiger partial charge in [-0.2, -0.15) is 0 Å². The number of fused-ring (bicyclic) bond motifs is 1. The molecule has 1 saturated heterocycles. The number of hydrogen-bond donors (Lipinski definition) is 2. The van der Waals surface area contributed by atoms with Gasteiger partial charge >= 0.3 is 0 Å². The molecular weight excluding hydrogens is 500 g/mol. The number of carbonyl (C=O) groups excluding carboxylic acids is 2. The topological polar surface area (TPSA) is 87.0 Å². The number of furan rings is 1. The second kappa shape index (κ2) is 11.4. The number of rotatable bonds is 6. The number of nitrogens with one attached hydrogen (secondary N) is 2. The summed E-state index contributed by atoms with van der Waals surface area (Å²) in [5, 5.41) is 6.89. The zero-order valence-corrected chi connectivity index (χ0v) is 21.8. The molecule has 0 aliphatic carbocycles. The monoisotopic (exact) mass is 528 g/mol. The van der Waals surface area contributed by atoms with E-state index >= 15 is 0 Å². The van der Waals surface area contributed by atoms with E-state index in [0.29, 0.717) is 49.9 Å². The molecule has 9 heteroatoms. The molecule has 0 bridgehead atoms. The SMILES string of the molecule is CCOc1cccc(C(=O)NC(=S)Nc2ccc(N3CCN(C(=O)c4cc5ccccc5o4)CC3)cc2)c1. The number of nitrogens with zero attached hydrogens (tertiary/aromatic N) is 2. The Morgan fingerprint density at radius 3 is 2.45 bits per heavy atom. The Kier molecular flexibility index (Phi) is 7.55. The lowest BCUT2D eigenvalue weighted by Gasteiger charge is -2.35. The Labute approximate surface area is 226 Å². The van der Waals surface area contributed by atoms with E-state index in [0.717, 1.165) is 22.3 Å². The van der Waals surface area contributed by atoms with E-state index in [2.05, 4.69) is 15.5 Å². The van der Waals surface area contributed by atoms with Crippen LogP contribution in [-0.2, 0) is 0 Å². The Balaban J connectivity index is 1.12. The van der Waals surface area contributed by atoms with Crippen LogP contribution in [0.3, 0.4) is 0 Å². The van der Waals surface area contributed by atoms with E-state index in [1.807, 2.05) is 60.4 Å². The van der Waals surface area contributed by atoms with E-state index in [9.17, 15) is 9.59 Å². The van der Waals surface area contributed by atoms with Crippen molar-refractivity contribution in [2.24, 2.45) is 0 Å². The fourth-order valence-corrected chi connectivity index (χ4v) is 4.61. The molecule has 8 nitrogen and oxygen atoms in total. The number of amides is 2. The fraction of sp³-hybridized carbons (Fsp3) is 0.207. The average Bonchev–Trinajstić information content (AvgIpc) is 3.38. The molecule has 5 rings (SSSR count). The van der Waals surface area contributed by atoms with Crippen molar-refractivity contribution in [3.8, 4) is 5.75 Å². The van der Waals surface area contributed by atoms with Gasteiger partial charge in [0.2, 0.25) is 0 Å². The molecule has 2 N–H and O–H groups in total. The van der Waals surface area contributed by atoms with Crippen LogP contribution in [0.2, 0.25) is 0 Å². The molecule has 0 unspecified atom stereocenters. The van der Waals surface area contributed by atoms with Gasteiger partial charge in [-0.25, -0.2) is 0 Å². The summed E-state index contributed by atoms with van der Waals surface area (Å²) in [5.41, 5.74) is 3.00. The van der Waals surface area contributed by atoms with Crippen molar-refractivity contribution in [1.29, 1.82) is 0 Å². The number of piperazine rings is 1. The van der Waals surface area contributed by atoms with Gasteiger partial charge in [0.05, 0.1) is 6.61 Å². The predicted molar refractivity (Wildman–Crippen MR) is 152 cm³/mol. The molecule has 1 aliphatic heterocycles. The lowest BCUT2D eigenvalue weighted by Crippen LogP contribution is -2.48. The quantitative estimate of drug-likeness (QED) is 0.344. The molecule has 38 heavy (non-hydrogen) atoms. The average molecular weight is 529 g/mol. The van der Waals surface area contributed by atoms with Gasteiger partial charge in [0.1, 0.15) is 11.3 Å². The van der Waals surface area contributed by atoms with E-state index in [1.165, 1.54) is 0 Å². The molecule has 2 heterocycles. The van der Waals surface area contributed by atoms with E-state index in [1.54, 1.807) is 30.3 Å². The van der Waals surface area contributed by atoms with Crippen LogP contribution in [0.4, 0.5) is 11.4 Å². The first-order chi connectivity index (χ1) is 18.5. The molecule has 4 aromatic rings. The summed E-state index contributed by atoms with van der Waals surface area (Å²) in [6.07, 6.45) is 0. The third-order valence-electron chi connectivity index (χ3n) is 6.33. The molecule has 0 saturated carbocycles. The highest BCUT2D eigenvalue weighted by molar-refractivity contribution is 7.80. The van der Waals surface area contributed by atoms with Crippen molar-refractivity contribution in [1.82, 2.24) is 10.2 Å². The van der Waals surface area contributed by atoms with E-state index in [-0.39, 0.29) is 16.9 Å². The summed E-state index contributed by atoms with van der Waals surface area (Å²) >= 11 is 5.32. The highest BCUT2D eigenvalue weighted by Crippen LogP contribution is 2.23. The summed E-state index contributed by atoms with van der Waals surface area (Å²) in [7, 11) is 0. The van der Waals surface area contributed by atoms with Crippen LogP contribution in [0.25, 0.3) is 11.0 Å². The van der Waals surface area contributed by atoms with Crippen LogP contribution < -0.4 is 20.3 Å². The minimum atomic E-state index is -0.310. The smallest absolute Gasteiger partial charge is 0.289 e. The number of ether oxygens (including phenoxy) is 1. The van der Waals surface area contributed by atoms with Gasteiger partial charge in [0, 0.05) is 48.5 Å². The van der Waals surface area contributed by atoms with Crippen molar-refractivity contribution < 1.29 is 18.7 Å². The third-order valence-corrected chi connectivity index (χ3v) is 6.53. The number of thiocarbonyl (C=S) groups is 1. The first kappa shape index (κ1) is 25.3. The Hall–Kier alpha value is -4.37. The number of para-hydroxylation sites is 1. The molecule has 194 valence electrons. The normalized spacial score (nSPS) is 13.3. The zero-order chi connectivity index (χ0) is 26.5. The van der Waals surface area contributed by atoms with Crippen molar-refractivity contribution in [3.63, 3.8) is 0 Å². The summed E-state index contributed by atoms with van der Waals surface area (Å²) in [5.74, 6) is 0.616. The maximum atomic E-state index is 12.9. The van der Waals surface area contributed by atoms with Crippen molar-refractivity contribution >= 4 is 51.5 Å². The van der Waals surface area contributed by atoms with Gasteiger partial charge in [-0.15, -0.1) is 0 Å². The number of anilines is 2. The lowest BCUT2D eigenvalue weighted by molar-refractivity contribution is 0.0717. The van der Waals surface area contributed by atoms with E-state index < -0.39 is 0 Å². The van der Waals surface area contributed by atoms with Crippen LogP contribution in [0.15, 0.2) is 83.3 Å². The van der Waals surface area contributed by atoms with Crippen LogP contribution in [0.5, 0.6) is 5.75 Å². The maximum Gasteiger partial charge on any atom is 0.289 e. The standard InChI is InChI=1S/C29H28N4O4S/c1-2-36-24-8-5-7-21(18-24)27(34)31-29(38)30-22-10-12-23(13-11-22)32-14-16-33(17-15-32)28(35)26-19-20-6-3-4-9-25(20)37-26/h3-13,18-19H,2,14-17H2,1H3,(H2,30,31,34,38). The van der Waals surface area contributed by atoms with Crippen LogP contribution in [0, 0.1) is 0 Å². The number of hydrogen-bond acceptors (Lipinski definition) is 6. The van der Waals surface area contributed by atoms with Gasteiger partial charge in [-0.3, -0.25) is 14.9 Å². The molecule has 1 aliphatic rings. The molecule has 0 radical (unpaired) electrons. The largest absolute Gasteiger partial charge is 0.494 e. The summed E-state index contributed by atoms with van der Waals surface area (Å²) in [4.78, 5) is 29.5. The van der Waals surface area contributed by atoms with Crippen molar-refractivity contribution in [2.75, 3.05) is 43.0 Å². The minimum Gasteiger partial charge on any atom is -0.494 e. The Morgan fingerprint density at radius 1 is 0.947 bits per heavy atom. The van der Waals surface area contributed by atoms with E-state index in [4.69, 9.17) is 21.4 Å². The molecule has 3 aromatic carbocycles. The highest BCUT2D eigenvalue weighted by atomic mass is 32.1. The van der Waals surface area contributed by atoms with Gasteiger partial charge in [0.15, 0.2) is 10.9 Å². The Morgan fingerprint density at radius 2 is 1.71 bits per heavy atom. The first-order valence-corrected chi connectivity index (χ1v) is 12.9. The lowest BCUT2D eigenvalue weighted by atomic mass is 10.2. The van der Waals surface area contributed by atoms with Gasteiger partial charge < -0.3 is 24.3 Å². The summed E-state index contributed by atoms with van der Waals surface area (Å²) in [6.45, 7) is 5.06. The molecule has 0 spiro atoms. The highest BCUT2D eigenvalue weighted by Gasteiger charge is 2.24. The van der Waals surface area contributed by atoms with Crippen molar-refractivity contribution in [2.45, 2.75) is 6.92 Å². The Bertz CT molecular complexity index is 1430. The van der Waals surface area contributed by atoms with Gasteiger partial charge in [-0.1, -0.05) is 24.3 Å². The minimum absolute atomic E-state index is 0.0828. The van der Waals surface area contributed by atoms with Crippen LogP contribution in [-0.4, -0.2) is 54.6 Å². The zero-order valence-electron chi connectivity index (χ0n) is 21.0. The second-order valence-corrected chi connectivity index (χ2v) is 9.25. The molecule has 2 amide bonds. The number of benzene rings is 3. The fourth-order valence-electron chi connectivity index (χ4n) is 4.40. The van der Waals surface area contributed by atoms with Crippen molar-refractivity contribution in [3.05, 3.63) is 90.2 Å². The van der Waals surface area contributed by atoms with Gasteiger partial charge in [0.25, 0.3) is 11.8 Å². The van der Waals surface area contributed by atoms with Crippen LogP contribution in [0.1, 0.15) is 27.8 Å².